The maximum atomic E-state index is 13.3. The lowest BCUT2D eigenvalue weighted by molar-refractivity contribution is -0.137. The van der Waals surface area contributed by atoms with E-state index in [-0.39, 0.29) is 24.3 Å². The number of carboxylic acids is 1. The Morgan fingerprint density at radius 2 is 1.73 bits per heavy atom. The second-order valence-electron chi connectivity index (χ2n) is 9.39. The molecular formula is C29H32N4O7S. The molecular weight excluding hydrogens is 548 g/mol. The molecule has 1 unspecified atom stereocenters. The van der Waals surface area contributed by atoms with E-state index >= 15 is 0 Å². The number of piperazine rings is 1. The molecule has 0 aliphatic carbocycles. The maximum absolute atomic E-state index is 13.3. The van der Waals surface area contributed by atoms with Crippen LogP contribution in [0.4, 0.5) is 16.2 Å². The van der Waals surface area contributed by atoms with Crippen molar-refractivity contribution in [2.45, 2.75) is 18.9 Å². The summed E-state index contributed by atoms with van der Waals surface area (Å²) >= 11 is 1.36. The predicted octanol–water partition coefficient (Wildman–Crippen LogP) is 3.77. The van der Waals surface area contributed by atoms with Crippen molar-refractivity contribution in [1.29, 1.82) is 0 Å². The van der Waals surface area contributed by atoms with E-state index in [1.54, 1.807) is 54.5 Å². The molecule has 1 aliphatic rings. The molecule has 0 bridgehead atoms. The molecule has 2 heterocycles. The maximum Gasteiger partial charge on any atom is 0.409 e. The molecule has 0 spiro atoms. The van der Waals surface area contributed by atoms with Crippen LogP contribution in [0.25, 0.3) is 0 Å². The molecule has 1 aromatic heterocycles. The number of nitrogens with one attached hydrogen (secondary N) is 2. The van der Waals surface area contributed by atoms with Crippen molar-refractivity contribution in [3.05, 3.63) is 76.0 Å². The van der Waals surface area contributed by atoms with Crippen molar-refractivity contribution >= 4 is 46.6 Å². The van der Waals surface area contributed by atoms with Gasteiger partial charge in [-0.05, 0) is 47.3 Å². The second-order valence-corrected chi connectivity index (χ2v) is 10.4. The summed E-state index contributed by atoms with van der Waals surface area (Å²) in [6.45, 7) is 1.87. The van der Waals surface area contributed by atoms with E-state index in [4.69, 9.17) is 9.47 Å². The molecule has 216 valence electrons. The van der Waals surface area contributed by atoms with Gasteiger partial charge in [0.2, 0.25) is 5.91 Å². The van der Waals surface area contributed by atoms with Gasteiger partial charge in [-0.1, -0.05) is 18.2 Å². The summed E-state index contributed by atoms with van der Waals surface area (Å²) < 4.78 is 10.0. The third-order valence-electron chi connectivity index (χ3n) is 6.68. The number of aliphatic carboxylic acids is 1. The lowest BCUT2D eigenvalue weighted by atomic mass is 10.1. The molecule has 4 rings (SSSR count). The molecule has 3 aromatic rings. The number of carboxylic acid groups (broad SMARTS) is 1. The standard InChI is InChI=1S/C29H32N4O7S/c1-39-21-8-5-19(6-9-21)16-26(34)30-22-17-20(28(37)31-23(18-27(35)36)25-4-3-15-41-25)7-10-24(22)32-11-13-33(14-12-32)29(38)40-2/h3-10,15,17,23H,11-14,16,18H2,1-2H3,(H,30,34)(H,31,37)(H,35,36). The van der Waals surface area contributed by atoms with Gasteiger partial charge in [0.05, 0.1) is 44.5 Å². The highest BCUT2D eigenvalue weighted by molar-refractivity contribution is 7.10. The number of carbonyl (C=O) groups is 4. The fourth-order valence-electron chi connectivity index (χ4n) is 4.56. The minimum Gasteiger partial charge on any atom is -0.497 e. The lowest BCUT2D eigenvalue weighted by Gasteiger charge is -2.36. The van der Waals surface area contributed by atoms with Crippen molar-refractivity contribution < 1.29 is 33.8 Å². The fraction of sp³-hybridized carbons (Fsp3) is 0.310. The van der Waals surface area contributed by atoms with E-state index < -0.39 is 24.0 Å². The van der Waals surface area contributed by atoms with Gasteiger partial charge in [-0.25, -0.2) is 4.79 Å². The van der Waals surface area contributed by atoms with E-state index in [0.717, 1.165) is 10.4 Å². The fourth-order valence-corrected chi connectivity index (χ4v) is 5.34. The summed E-state index contributed by atoms with van der Waals surface area (Å²) in [5.41, 5.74) is 2.20. The molecule has 3 N–H and O–H groups in total. The van der Waals surface area contributed by atoms with Crippen molar-refractivity contribution in [1.82, 2.24) is 10.2 Å². The highest BCUT2D eigenvalue weighted by Gasteiger charge is 2.25. The third-order valence-corrected chi connectivity index (χ3v) is 7.67. The number of carbonyl (C=O) groups excluding carboxylic acids is 3. The van der Waals surface area contributed by atoms with Gasteiger partial charge in [-0.3, -0.25) is 14.4 Å². The second kappa shape index (κ2) is 13.7. The molecule has 1 fully saturated rings. The normalized spacial score (nSPS) is 13.7. The summed E-state index contributed by atoms with van der Waals surface area (Å²) in [5, 5.41) is 17.0. The molecule has 1 saturated heterocycles. The quantitative estimate of drug-likeness (QED) is 0.330. The SMILES string of the molecule is COC(=O)N1CCN(c2ccc(C(=O)NC(CC(=O)O)c3cccs3)cc2NC(=O)Cc2ccc(OC)cc2)CC1. The number of thiophene rings is 1. The summed E-state index contributed by atoms with van der Waals surface area (Å²) in [6.07, 6.45) is -0.554. The first kappa shape index (κ1) is 29.4. The minimum atomic E-state index is -1.03. The number of methoxy groups -OCH3 is 2. The van der Waals surface area contributed by atoms with Crippen LogP contribution in [0, 0.1) is 0 Å². The topological polar surface area (TPSA) is 138 Å². The molecule has 1 atom stereocenters. The van der Waals surface area contributed by atoms with Gasteiger partial charge >= 0.3 is 12.1 Å². The Hall–Kier alpha value is -4.58. The lowest BCUT2D eigenvalue weighted by Crippen LogP contribution is -2.49. The Bertz CT molecular complexity index is 1370. The van der Waals surface area contributed by atoms with Crippen LogP contribution >= 0.6 is 11.3 Å². The van der Waals surface area contributed by atoms with E-state index in [2.05, 4.69) is 10.6 Å². The van der Waals surface area contributed by atoms with Crippen molar-refractivity contribution in [3.8, 4) is 5.75 Å². The van der Waals surface area contributed by atoms with Gasteiger partial charge in [-0.2, -0.15) is 0 Å². The molecule has 12 heteroatoms. The summed E-state index contributed by atoms with van der Waals surface area (Å²) in [7, 11) is 2.91. The first-order chi connectivity index (χ1) is 19.8. The number of amides is 3. The van der Waals surface area contributed by atoms with Gasteiger partial charge in [-0.15, -0.1) is 11.3 Å². The number of nitrogens with zero attached hydrogens (tertiary/aromatic N) is 2. The first-order valence-electron chi connectivity index (χ1n) is 13.0. The van der Waals surface area contributed by atoms with Crippen LogP contribution in [0.1, 0.15) is 33.3 Å². The largest absolute Gasteiger partial charge is 0.497 e. The van der Waals surface area contributed by atoms with E-state index in [0.29, 0.717) is 43.3 Å². The Balaban J connectivity index is 1.56. The van der Waals surface area contributed by atoms with Gasteiger partial charge in [0.1, 0.15) is 5.75 Å². The number of anilines is 2. The molecule has 1 aliphatic heterocycles. The molecule has 11 nitrogen and oxygen atoms in total. The zero-order valence-corrected chi connectivity index (χ0v) is 23.6. The zero-order chi connectivity index (χ0) is 29.4. The number of benzene rings is 2. The van der Waals surface area contributed by atoms with E-state index in [9.17, 15) is 24.3 Å². The highest BCUT2D eigenvalue weighted by atomic mass is 32.1. The van der Waals surface area contributed by atoms with Crippen LogP contribution < -0.4 is 20.3 Å². The summed E-state index contributed by atoms with van der Waals surface area (Å²) in [6, 6.07) is 15.0. The summed E-state index contributed by atoms with van der Waals surface area (Å²) in [4.78, 5) is 54.1. The van der Waals surface area contributed by atoms with Crippen LogP contribution in [-0.2, 0) is 20.7 Å². The molecule has 41 heavy (non-hydrogen) atoms. The van der Waals surface area contributed by atoms with Crippen molar-refractivity contribution in [2.24, 2.45) is 0 Å². The number of hydrogen-bond donors (Lipinski definition) is 3. The van der Waals surface area contributed by atoms with Gasteiger partial charge in [0.25, 0.3) is 5.91 Å². The van der Waals surface area contributed by atoms with Crippen LogP contribution in [0.2, 0.25) is 0 Å². The smallest absolute Gasteiger partial charge is 0.409 e. The van der Waals surface area contributed by atoms with Gasteiger partial charge in [0.15, 0.2) is 0 Å². The monoisotopic (exact) mass is 580 g/mol. The Morgan fingerprint density at radius 1 is 1.00 bits per heavy atom. The number of hydrogen-bond acceptors (Lipinski definition) is 8. The average molecular weight is 581 g/mol. The van der Waals surface area contributed by atoms with Crippen LogP contribution in [0.5, 0.6) is 5.75 Å². The van der Waals surface area contributed by atoms with Gasteiger partial charge in [0, 0.05) is 36.6 Å². The van der Waals surface area contributed by atoms with Crippen molar-refractivity contribution in [3.63, 3.8) is 0 Å². The van der Waals surface area contributed by atoms with E-state index in [1.807, 2.05) is 22.4 Å². The van der Waals surface area contributed by atoms with Crippen molar-refractivity contribution in [2.75, 3.05) is 50.6 Å². The average Bonchev–Trinajstić information content (AvgIpc) is 3.52. The molecule has 0 radical (unpaired) electrons. The Morgan fingerprint density at radius 3 is 2.34 bits per heavy atom. The summed E-state index contributed by atoms with van der Waals surface area (Å²) in [5.74, 6) is -1.08. The Kier molecular flexibility index (Phi) is 9.80. The molecule has 2 aromatic carbocycles. The van der Waals surface area contributed by atoms with Gasteiger partial charge < -0.3 is 35.0 Å². The number of rotatable bonds is 10. The predicted molar refractivity (Wildman–Crippen MR) is 155 cm³/mol. The Labute approximate surface area is 241 Å². The molecule has 3 amide bonds. The first-order valence-corrected chi connectivity index (χ1v) is 13.9. The van der Waals surface area contributed by atoms with Crippen LogP contribution in [-0.4, -0.2) is 74.3 Å². The molecule has 0 saturated carbocycles. The van der Waals surface area contributed by atoms with Crippen LogP contribution in [0.3, 0.4) is 0 Å². The number of ether oxygens (including phenoxy) is 2. The van der Waals surface area contributed by atoms with Crippen LogP contribution in [0.15, 0.2) is 60.0 Å². The zero-order valence-electron chi connectivity index (χ0n) is 22.8. The highest BCUT2D eigenvalue weighted by Crippen LogP contribution is 2.30. The van der Waals surface area contributed by atoms with E-state index in [1.165, 1.54) is 18.4 Å². The minimum absolute atomic E-state index is 0.106. The third kappa shape index (κ3) is 7.76.